The molecule has 0 heterocycles. The van der Waals surface area contributed by atoms with Crippen molar-refractivity contribution in [2.75, 3.05) is 13.2 Å². The number of hydrogen-bond donors (Lipinski definition) is 1. The van der Waals surface area contributed by atoms with E-state index in [9.17, 15) is 40.3 Å². The summed E-state index contributed by atoms with van der Waals surface area (Å²) < 4.78 is 92.8. The summed E-state index contributed by atoms with van der Waals surface area (Å²) >= 11 is 0. The smallest absolute Gasteiger partial charge is 0.460 e. The van der Waals surface area contributed by atoms with E-state index in [1.54, 1.807) is 0 Å². The van der Waals surface area contributed by atoms with Gasteiger partial charge in [0.25, 0.3) is 5.91 Å². The van der Waals surface area contributed by atoms with E-state index in [2.05, 4.69) is 6.92 Å². The van der Waals surface area contributed by atoms with Gasteiger partial charge >= 0.3 is 24.0 Å². The molecule has 0 saturated heterocycles. The largest absolute Gasteiger partial charge is 0.466 e. The Morgan fingerprint density at radius 2 is 1.06 bits per heavy atom. The maximum absolute atomic E-state index is 13.1. The number of hydrogen-bond acceptors (Lipinski definition) is 3. The van der Waals surface area contributed by atoms with Crippen LogP contribution in [0.5, 0.6) is 0 Å². The summed E-state index contributed by atoms with van der Waals surface area (Å²) in [5, 5.41) is 1.22. The third-order valence-electron chi connectivity index (χ3n) is 5.66. The van der Waals surface area contributed by atoms with Crippen molar-refractivity contribution in [1.82, 2.24) is 5.32 Å². The molecule has 0 spiro atoms. The fourth-order valence-corrected chi connectivity index (χ4v) is 3.44. The lowest BCUT2D eigenvalue weighted by atomic mass is 10.0. The number of rotatable bonds is 21. The molecule has 0 saturated carbocycles. The molecule has 0 aliphatic carbocycles. The van der Waals surface area contributed by atoms with Crippen molar-refractivity contribution in [2.24, 2.45) is 0 Å². The lowest BCUT2D eigenvalue weighted by molar-refractivity contribution is -0.344. The number of alkyl halides is 7. The second-order valence-electron chi connectivity index (χ2n) is 8.82. The second-order valence-corrected chi connectivity index (χ2v) is 8.82. The van der Waals surface area contributed by atoms with Gasteiger partial charge in [0.05, 0.1) is 13.0 Å². The minimum Gasteiger partial charge on any atom is -0.466 e. The summed E-state index contributed by atoms with van der Waals surface area (Å²) in [5.74, 6) is -16.2. The van der Waals surface area contributed by atoms with Crippen molar-refractivity contribution < 1.29 is 45.1 Å². The van der Waals surface area contributed by atoms with Crippen LogP contribution in [0.25, 0.3) is 0 Å². The van der Waals surface area contributed by atoms with Crippen LogP contribution in [-0.4, -0.2) is 43.0 Å². The van der Waals surface area contributed by atoms with Crippen LogP contribution < -0.4 is 5.32 Å². The molecule has 0 bridgehead atoms. The minimum atomic E-state index is -6.60. The van der Waals surface area contributed by atoms with Gasteiger partial charge in [0, 0.05) is 6.54 Å². The molecule has 0 atom stereocenters. The Labute approximate surface area is 203 Å². The third-order valence-corrected chi connectivity index (χ3v) is 5.66. The van der Waals surface area contributed by atoms with E-state index in [0.29, 0.717) is 6.42 Å². The monoisotopic (exact) mass is 523 g/mol. The van der Waals surface area contributed by atoms with E-state index in [1.165, 1.54) is 69.5 Å². The first-order valence-corrected chi connectivity index (χ1v) is 12.6. The standard InChI is InChI=1S/C24H40F7NO3/c1-2-3-4-5-6-7-8-9-10-11-12-13-14-15-16-19-35-20(33)17-18-32-21(34)22(25,26)23(27,28)24(29,30)31/h2-19H2,1H3,(H,32,34). The highest BCUT2D eigenvalue weighted by atomic mass is 19.4. The van der Waals surface area contributed by atoms with Gasteiger partial charge in [0.15, 0.2) is 0 Å². The van der Waals surface area contributed by atoms with Crippen molar-refractivity contribution in [3.05, 3.63) is 0 Å². The van der Waals surface area contributed by atoms with Gasteiger partial charge in [-0.25, -0.2) is 0 Å². The van der Waals surface area contributed by atoms with Crippen molar-refractivity contribution in [2.45, 2.75) is 128 Å². The number of carbonyl (C=O) groups excluding carboxylic acids is 2. The van der Waals surface area contributed by atoms with Crippen molar-refractivity contribution in [3.63, 3.8) is 0 Å². The first kappa shape index (κ1) is 33.4. The van der Waals surface area contributed by atoms with E-state index in [1.807, 2.05) is 0 Å². The molecule has 208 valence electrons. The van der Waals surface area contributed by atoms with Gasteiger partial charge in [-0.05, 0) is 6.42 Å². The lowest BCUT2D eigenvalue weighted by Crippen LogP contribution is -2.59. The Morgan fingerprint density at radius 3 is 1.46 bits per heavy atom. The van der Waals surface area contributed by atoms with Crippen LogP contribution in [0.15, 0.2) is 0 Å². The highest BCUT2D eigenvalue weighted by Gasteiger charge is 2.76. The van der Waals surface area contributed by atoms with Crippen LogP contribution in [0.4, 0.5) is 30.7 Å². The molecule has 35 heavy (non-hydrogen) atoms. The van der Waals surface area contributed by atoms with Crippen LogP contribution >= 0.6 is 0 Å². The first-order chi connectivity index (χ1) is 16.4. The summed E-state index contributed by atoms with van der Waals surface area (Å²) in [6.07, 6.45) is 10.3. The van der Waals surface area contributed by atoms with E-state index < -0.39 is 42.9 Å². The molecule has 0 radical (unpaired) electrons. The van der Waals surface area contributed by atoms with Crippen LogP contribution in [0, 0.1) is 0 Å². The van der Waals surface area contributed by atoms with Gasteiger partial charge < -0.3 is 10.1 Å². The Balaban J connectivity index is 3.66. The van der Waals surface area contributed by atoms with Gasteiger partial charge in [-0.1, -0.05) is 96.8 Å². The number of nitrogens with one attached hydrogen (secondary N) is 1. The molecule has 4 nitrogen and oxygen atoms in total. The Kier molecular flexibility index (Phi) is 17.0. The normalized spacial score (nSPS) is 12.6. The number of amides is 1. The molecule has 0 aromatic rings. The molecule has 11 heteroatoms. The van der Waals surface area contributed by atoms with Crippen LogP contribution in [0.1, 0.15) is 110 Å². The summed E-state index contributed by atoms with van der Waals surface area (Å²) in [6.45, 7) is 1.44. The van der Waals surface area contributed by atoms with Crippen molar-refractivity contribution in [3.8, 4) is 0 Å². The zero-order valence-electron chi connectivity index (χ0n) is 20.6. The third kappa shape index (κ3) is 13.9. The molecular formula is C24H40F7NO3. The van der Waals surface area contributed by atoms with E-state index >= 15 is 0 Å². The van der Waals surface area contributed by atoms with Crippen LogP contribution in [-0.2, 0) is 14.3 Å². The minimum absolute atomic E-state index is 0.0767. The van der Waals surface area contributed by atoms with Gasteiger partial charge in [0.2, 0.25) is 0 Å². The van der Waals surface area contributed by atoms with E-state index in [0.717, 1.165) is 25.7 Å². The van der Waals surface area contributed by atoms with Crippen LogP contribution in [0.3, 0.4) is 0 Å². The second kappa shape index (κ2) is 17.8. The number of unbranched alkanes of at least 4 members (excludes halogenated alkanes) is 14. The zero-order valence-corrected chi connectivity index (χ0v) is 20.6. The Hall–Kier alpha value is -1.55. The fraction of sp³-hybridized carbons (Fsp3) is 0.917. The summed E-state index contributed by atoms with van der Waals surface area (Å²) in [4.78, 5) is 22.6. The summed E-state index contributed by atoms with van der Waals surface area (Å²) in [7, 11) is 0. The highest BCUT2D eigenvalue weighted by molar-refractivity contribution is 5.85. The molecule has 1 N–H and O–H groups in total. The molecule has 0 fully saturated rings. The Morgan fingerprint density at radius 1 is 0.657 bits per heavy atom. The maximum atomic E-state index is 13.1. The first-order valence-electron chi connectivity index (χ1n) is 12.6. The molecular weight excluding hydrogens is 483 g/mol. The van der Waals surface area contributed by atoms with Gasteiger partial charge in [-0.15, -0.1) is 0 Å². The fourth-order valence-electron chi connectivity index (χ4n) is 3.44. The quantitative estimate of drug-likeness (QED) is 0.0951. The number of carbonyl (C=O) groups is 2. The van der Waals surface area contributed by atoms with E-state index in [-0.39, 0.29) is 6.61 Å². The molecule has 0 aliphatic rings. The molecule has 0 aromatic heterocycles. The summed E-state index contributed by atoms with van der Waals surface area (Å²) in [6, 6.07) is 0. The Bertz CT molecular complexity index is 584. The number of ether oxygens (including phenoxy) is 1. The summed E-state index contributed by atoms with van der Waals surface area (Å²) in [5.41, 5.74) is 0. The molecule has 0 aromatic carbocycles. The maximum Gasteiger partial charge on any atom is 0.460 e. The van der Waals surface area contributed by atoms with Gasteiger partial charge in [0.1, 0.15) is 0 Å². The van der Waals surface area contributed by atoms with Gasteiger partial charge in [-0.3, -0.25) is 9.59 Å². The SMILES string of the molecule is CCCCCCCCCCCCCCCCCOC(=O)CCNC(=O)C(F)(F)C(F)(F)C(F)(F)F. The molecule has 1 amide bonds. The lowest BCUT2D eigenvalue weighted by Gasteiger charge is -2.26. The van der Waals surface area contributed by atoms with E-state index in [4.69, 9.17) is 4.74 Å². The molecule has 0 rings (SSSR count). The average molecular weight is 524 g/mol. The average Bonchev–Trinajstić information content (AvgIpc) is 2.77. The molecule has 0 unspecified atom stereocenters. The number of halogens is 7. The van der Waals surface area contributed by atoms with Crippen LogP contribution in [0.2, 0.25) is 0 Å². The van der Waals surface area contributed by atoms with Crippen molar-refractivity contribution in [1.29, 1.82) is 0 Å². The highest BCUT2D eigenvalue weighted by Crippen LogP contribution is 2.46. The molecule has 0 aliphatic heterocycles. The number of esters is 1. The van der Waals surface area contributed by atoms with Crippen molar-refractivity contribution >= 4 is 11.9 Å². The van der Waals surface area contributed by atoms with Gasteiger partial charge in [-0.2, -0.15) is 30.7 Å². The predicted octanol–water partition coefficient (Wildman–Crippen LogP) is 7.74. The zero-order chi connectivity index (χ0) is 26.8. The predicted molar refractivity (Wildman–Crippen MR) is 119 cm³/mol. The topological polar surface area (TPSA) is 55.4 Å².